The predicted octanol–water partition coefficient (Wildman–Crippen LogP) is 3.55. The van der Waals surface area contributed by atoms with Crippen LogP contribution in [0.25, 0.3) is 6.08 Å². The highest BCUT2D eigenvalue weighted by Gasteiger charge is 2.19. The minimum absolute atomic E-state index is 0.475. The first-order valence-electron chi connectivity index (χ1n) is 4.44. The fourth-order valence-corrected chi connectivity index (χ4v) is 1.21. The van der Waals surface area contributed by atoms with E-state index in [2.05, 4.69) is 0 Å². The molecule has 16 heavy (non-hydrogen) atoms. The molecule has 0 spiro atoms. The van der Waals surface area contributed by atoms with Crippen molar-refractivity contribution in [3.8, 4) is 11.5 Å². The van der Waals surface area contributed by atoms with E-state index in [-0.39, 0.29) is 0 Å². The molecule has 0 atom stereocenters. The maximum atomic E-state index is 12.4. The topological polar surface area (TPSA) is 18.5 Å². The van der Waals surface area contributed by atoms with Gasteiger partial charge in [-0.3, -0.25) is 0 Å². The smallest absolute Gasteiger partial charge is 0.341 e. The van der Waals surface area contributed by atoms with Crippen LogP contribution in [-0.4, -0.2) is 19.6 Å². The Morgan fingerprint density at radius 1 is 1.19 bits per heavy atom. The second-order valence-electron chi connectivity index (χ2n) is 2.99. The van der Waals surface area contributed by atoms with Gasteiger partial charge in [0.1, 0.15) is 0 Å². The molecule has 0 bridgehead atoms. The quantitative estimate of drug-likeness (QED) is 0.759. The van der Waals surface area contributed by atoms with Crippen LogP contribution in [0.15, 0.2) is 24.3 Å². The monoisotopic (exact) mass is 248 g/mol. The molecule has 2 nitrogen and oxygen atoms in total. The van der Waals surface area contributed by atoms with Crippen LogP contribution in [-0.2, 0) is 0 Å². The summed E-state index contributed by atoms with van der Waals surface area (Å²) in [5.74, 6) is 1.01. The van der Waals surface area contributed by atoms with Gasteiger partial charge < -0.3 is 9.47 Å². The van der Waals surface area contributed by atoms with Crippen LogP contribution in [0.4, 0.5) is 8.78 Å². The molecule has 0 aliphatic heterocycles. The third-order valence-electron chi connectivity index (χ3n) is 1.87. The largest absolute Gasteiger partial charge is 0.493 e. The van der Waals surface area contributed by atoms with Crippen molar-refractivity contribution in [3.05, 3.63) is 29.8 Å². The third-order valence-corrected chi connectivity index (χ3v) is 2.00. The predicted molar refractivity (Wildman–Crippen MR) is 59.4 cm³/mol. The average molecular weight is 249 g/mol. The summed E-state index contributed by atoms with van der Waals surface area (Å²) in [4.78, 5) is 0. The Labute approximate surface area is 97.4 Å². The Bertz CT molecular complexity index is 386. The first-order chi connectivity index (χ1) is 7.46. The van der Waals surface area contributed by atoms with E-state index in [4.69, 9.17) is 21.1 Å². The second kappa shape index (κ2) is 5.16. The first kappa shape index (κ1) is 12.8. The molecule has 1 rings (SSSR count). The van der Waals surface area contributed by atoms with E-state index < -0.39 is 5.38 Å². The highest BCUT2D eigenvalue weighted by Crippen LogP contribution is 2.29. The molecule has 0 saturated carbocycles. The van der Waals surface area contributed by atoms with E-state index in [1.54, 1.807) is 18.2 Å². The van der Waals surface area contributed by atoms with E-state index in [0.29, 0.717) is 23.1 Å². The number of halogens is 3. The summed E-state index contributed by atoms with van der Waals surface area (Å²) in [6, 6.07) is 4.84. The number of alkyl halides is 3. The van der Waals surface area contributed by atoms with E-state index in [1.807, 2.05) is 0 Å². The molecule has 0 amide bonds. The van der Waals surface area contributed by atoms with Gasteiger partial charge in [0.25, 0.3) is 0 Å². The fourth-order valence-electron chi connectivity index (χ4n) is 1.15. The van der Waals surface area contributed by atoms with Gasteiger partial charge >= 0.3 is 5.38 Å². The summed E-state index contributed by atoms with van der Waals surface area (Å²) < 4.78 is 34.8. The average Bonchev–Trinajstić information content (AvgIpc) is 2.25. The van der Waals surface area contributed by atoms with Crippen molar-refractivity contribution in [2.45, 2.75) is 5.38 Å². The van der Waals surface area contributed by atoms with Crippen molar-refractivity contribution >= 4 is 17.7 Å². The zero-order valence-corrected chi connectivity index (χ0v) is 9.59. The molecule has 0 heterocycles. The van der Waals surface area contributed by atoms with Gasteiger partial charge in [-0.05, 0) is 29.3 Å². The lowest BCUT2D eigenvalue weighted by molar-refractivity contribution is 0.154. The normalized spacial score (nSPS) is 11.8. The van der Waals surface area contributed by atoms with Crippen molar-refractivity contribution in [1.82, 2.24) is 0 Å². The van der Waals surface area contributed by atoms with Gasteiger partial charge in [0.05, 0.1) is 14.2 Å². The summed E-state index contributed by atoms with van der Waals surface area (Å²) >= 11 is 4.74. The lowest BCUT2D eigenvalue weighted by Crippen LogP contribution is -1.98. The number of methoxy groups -OCH3 is 2. The van der Waals surface area contributed by atoms with Gasteiger partial charge in [0, 0.05) is 6.08 Å². The van der Waals surface area contributed by atoms with Crippen LogP contribution in [0.5, 0.6) is 11.5 Å². The number of benzene rings is 1. The second-order valence-corrected chi connectivity index (χ2v) is 3.49. The fraction of sp³-hybridized carbons (Fsp3) is 0.273. The van der Waals surface area contributed by atoms with Gasteiger partial charge in [-0.1, -0.05) is 12.1 Å². The van der Waals surface area contributed by atoms with Gasteiger partial charge in [0.2, 0.25) is 0 Å². The number of hydrogen-bond acceptors (Lipinski definition) is 2. The van der Waals surface area contributed by atoms with Gasteiger partial charge in [-0.15, -0.1) is 0 Å². The summed E-state index contributed by atoms with van der Waals surface area (Å²) in [6.45, 7) is 0. The molecule has 0 aromatic heterocycles. The maximum absolute atomic E-state index is 12.4. The van der Waals surface area contributed by atoms with Crippen molar-refractivity contribution in [1.29, 1.82) is 0 Å². The van der Waals surface area contributed by atoms with Gasteiger partial charge in [-0.25, -0.2) is 0 Å². The number of hydrogen-bond donors (Lipinski definition) is 0. The summed E-state index contributed by atoms with van der Waals surface area (Å²) in [5, 5.41) is -3.34. The standard InChI is InChI=1S/C11H11ClF2O2/c1-15-9-4-3-8(7-10(9)16-2)5-6-11(12,13)14/h3-7H,1-2H3/b6-5+. The Kier molecular flexibility index (Phi) is 4.12. The van der Waals surface area contributed by atoms with E-state index >= 15 is 0 Å². The minimum Gasteiger partial charge on any atom is -0.493 e. The Hall–Kier alpha value is -1.29. The minimum atomic E-state index is -3.34. The number of ether oxygens (including phenoxy) is 2. The Balaban J connectivity index is 2.96. The summed E-state index contributed by atoms with van der Waals surface area (Å²) in [6.07, 6.45) is 1.82. The molecule has 0 radical (unpaired) electrons. The number of rotatable bonds is 4. The van der Waals surface area contributed by atoms with Gasteiger partial charge in [0.15, 0.2) is 11.5 Å². The van der Waals surface area contributed by atoms with E-state index in [0.717, 1.165) is 0 Å². The molecule has 0 aliphatic carbocycles. The molecule has 1 aromatic carbocycles. The molecule has 0 aliphatic rings. The number of allylic oxidation sites excluding steroid dienone is 1. The van der Waals surface area contributed by atoms with Crippen LogP contribution in [0.3, 0.4) is 0 Å². The molecular weight excluding hydrogens is 238 g/mol. The zero-order chi connectivity index (χ0) is 12.2. The van der Waals surface area contributed by atoms with E-state index in [9.17, 15) is 8.78 Å². The van der Waals surface area contributed by atoms with Crippen LogP contribution < -0.4 is 9.47 Å². The highest BCUT2D eigenvalue weighted by molar-refractivity contribution is 6.23. The van der Waals surface area contributed by atoms with Gasteiger partial charge in [-0.2, -0.15) is 8.78 Å². The highest BCUT2D eigenvalue weighted by atomic mass is 35.5. The van der Waals surface area contributed by atoms with Crippen LogP contribution in [0, 0.1) is 0 Å². The van der Waals surface area contributed by atoms with E-state index in [1.165, 1.54) is 20.3 Å². The summed E-state index contributed by atoms with van der Waals surface area (Å²) in [7, 11) is 2.97. The molecule has 0 fully saturated rings. The molecule has 0 unspecified atom stereocenters. The molecule has 0 N–H and O–H groups in total. The van der Waals surface area contributed by atoms with Crippen molar-refractivity contribution in [2.75, 3.05) is 14.2 Å². The van der Waals surface area contributed by atoms with Crippen LogP contribution in [0.1, 0.15) is 5.56 Å². The molecule has 5 heteroatoms. The van der Waals surface area contributed by atoms with Crippen molar-refractivity contribution in [2.24, 2.45) is 0 Å². The lowest BCUT2D eigenvalue weighted by Gasteiger charge is -2.07. The first-order valence-corrected chi connectivity index (χ1v) is 4.82. The molecular formula is C11H11ClF2O2. The Morgan fingerprint density at radius 2 is 1.81 bits per heavy atom. The zero-order valence-electron chi connectivity index (χ0n) is 8.84. The van der Waals surface area contributed by atoms with Crippen LogP contribution in [0.2, 0.25) is 0 Å². The summed E-state index contributed by atoms with van der Waals surface area (Å²) in [5.41, 5.74) is 0.554. The van der Waals surface area contributed by atoms with Crippen molar-refractivity contribution < 1.29 is 18.3 Å². The van der Waals surface area contributed by atoms with Crippen molar-refractivity contribution in [3.63, 3.8) is 0 Å². The molecule has 0 saturated heterocycles. The third kappa shape index (κ3) is 3.70. The molecule has 1 aromatic rings. The van der Waals surface area contributed by atoms with Crippen LogP contribution >= 0.6 is 11.6 Å². The lowest BCUT2D eigenvalue weighted by atomic mass is 10.2. The maximum Gasteiger partial charge on any atom is 0.341 e. The SMILES string of the molecule is COc1ccc(/C=C/C(F)(F)Cl)cc1OC. The molecule has 88 valence electrons. The Morgan fingerprint density at radius 3 is 2.31 bits per heavy atom.